The van der Waals surface area contributed by atoms with Crippen LogP contribution in [0.2, 0.25) is 0 Å². The summed E-state index contributed by atoms with van der Waals surface area (Å²) in [6, 6.07) is 8.59. The Morgan fingerprint density at radius 1 is 1.27 bits per heavy atom. The summed E-state index contributed by atoms with van der Waals surface area (Å²) in [5.74, 6) is -1.22. The molecule has 1 aromatic heterocycles. The van der Waals surface area contributed by atoms with E-state index in [4.69, 9.17) is 9.52 Å². The highest BCUT2D eigenvalue weighted by Crippen LogP contribution is 2.15. The molecule has 0 aliphatic heterocycles. The van der Waals surface area contributed by atoms with Crippen LogP contribution < -0.4 is 10.6 Å². The third-order valence-electron chi connectivity index (χ3n) is 3.25. The van der Waals surface area contributed by atoms with Crippen molar-refractivity contribution in [3.05, 3.63) is 69.8 Å². The molecule has 0 aliphatic rings. The van der Waals surface area contributed by atoms with Crippen LogP contribution in [0.5, 0.6) is 0 Å². The number of carbonyl (C=O) groups is 2. The molecule has 9 heteroatoms. The predicted molar refractivity (Wildman–Crippen MR) is 92.0 cm³/mol. The molecule has 3 N–H and O–H groups in total. The summed E-state index contributed by atoms with van der Waals surface area (Å²) >= 11 is 0. The monoisotopic (exact) mass is 359 g/mol. The van der Waals surface area contributed by atoms with Crippen molar-refractivity contribution in [2.24, 2.45) is 0 Å². The molecular formula is C17H17N3O6. The van der Waals surface area contributed by atoms with Gasteiger partial charge in [-0.05, 0) is 30.2 Å². The van der Waals surface area contributed by atoms with Crippen LogP contribution in [0.15, 0.2) is 52.8 Å². The van der Waals surface area contributed by atoms with Crippen LogP contribution >= 0.6 is 0 Å². The molecule has 2 rings (SSSR count). The Kier molecular flexibility index (Phi) is 6.63. The Morgan fingerprint density at radius 3 is 2.73 bits per heavy atom. The molecule has 2 amide bonds. The average Bonchev–Trinajstić information content (AvgIpc) is 3.16. The van der Waals surface area contributed by atoms with Gasteiger partial charge in [0.15, 0.2) is 5.76 Å². The number of nitrogens with zero attached hydrogens (tertiary/aromatic N) is 1. The lowest BCUT2D eigenvalue weighted by Crippen LogP contribution is -2.35. The number of amides is 2. The van der Waals surface area contributed by atoms with E-state index in [1.54, 1.807) is 6.07 Å². The van der Waals surface area contributed by atoms with E-state index in [1.807, 2.05) is 0 Å². The number of nitrogens with one attached hydrogen (secondary N) is 2. The SMILES string of the molecule is O=C(NCCCO)/C(=C\c1cccc([N+](=O)[O-])c1)NC(=O)c1ccco1. The van der Waals surface area contributed by atoms with Crippen LogP contribution in [0.1, 0.15) is 22.5 Å². The van der Waals surface area contributed by atoms with Gasteiger partial charge in [-0.15, -0.1) is 0 Å². The van der Waals surface area contributed by atoms with Crippen LogP contribution in [0.25, 0.3) is 6.08 Å². The number of rotatable bonds is 8. The summed E-state index contributed by atoms with van der Waals surface area (Å²) in [6.45, 7) is 0.112. The highest BCUT2D eigenvalue weighted by Gasteiger charge is 2.16. The summed E-state index contributed by atoms with van der Waals surface area (Å²) in [5.41, 5.74) is 0.118. The summed E-state index contributed by atoms with van der Waals surface area (Å²) in [7, 11) is 0. The normalized spacial score (nSPS) is 11.0. The van der Waals surface area contributed by atoms with Crippen LogP contribution in [-0.4, -0.2) is 35.0 Å². The zero-order valence-electron chi connectivity index (χ0n) is 13.7. The van der Waals surface area contributed by atoms with E-state index in [0.29, 0.717) is 12.0 Å². The second-order valence-electron chi connectivity index (χ2n) is 5.17. The molecule has 0 aliphatic carbocycles. The molecule has 0 radical (unpaired) electrons. The first-order chi connectivity index (χ1) is 12.5. The zero-order valence-corrected chi connectivity index (χ0v) is 13.7. The number of furan rings is 1. The summed E-state index contributed by atoms with van der Waals surface area (Å²) in [5, 5.41) is 24.6. The minimum atomic E-state index is -0.635. The molecule has 136 valence electrons. The van der Waals surface area contributed by atoms with Gasteiger partial charge in [-0.2, -0.15) is 0 Å². The quantitative estimate of drug-likeness (QED) is 0.283. The first-order valence-electron chi connectivity index (χ1n) is 7.71. The van der Waals surface area contributed by atoms with Gasteiger partial charge < -0.3 is 20.2 Å². The Labute approximate surface area is 148 Å². The Morgan fingerprint density at radius 2 is 2.08 bits per heavy atom. The first-order valence-corrected chi connectivity index (χ1v) is 7.71. The van der Waals surface area contributed by atoms with Crippen LogP contribution in [-0.2, 0) is 4.79 Å². The van der Waals surface area contributed by atoms with Gasteiger partial charge in [-0.1, -0.05) is 12.1 Å². The fourth-order valence-corrected chi connectivity index (χ4v) is 2.02. The standard InChI is InChI=1S/C17H17N3O6/c21-8-3-7-18-16(22)14(19-17(23)15-6-2-9-26-15)11-12-4-1-5-13(10-12)20(24)25/h1-2,4-6,9-11,21H,3,7-8H2,(H,18,22)(H,19,23)/b14-11+. The maximum Gasteiger partial charge on any atom is 0.291 e. The lowest BCUT2D eigenvalue weighted by Gasteiger charge is -2.10. The maximum atomic E-state index is 12.3. The summed E-state index contributed by atoms with van der Waals surface area (Å²) < 4.78 is 4.98. The van der Waals surface area contributed by atoms with Crippen molar-refractivity contribution in [2.45, 2.75) is 6.42 Å². The van der Waals surface area contributed by atoms with Gasteiger partial charge in [0.05, 0.1) is 11.2 Å². The molecule has 26 heavy (non-hydrogen) atoms. The topological polar surface area (TPSA) is 135 Å². The van der Waals surface area contributed by atoms with E-state index in [0.717, 1.165) is 0 Å². The van der Waals surface area contributed by atoms with Crippen molar-refractivity contribution in [1.29, 1.82) is 0 Å². The first kappa shape index (κ1) is 18.9. The van der Waals surface area contributed by atoms with Gasteiger partial charge in [0.1, 0.15) is 5.70 Å². The highest BCUT2D eigenvalue weighted by molar-refractivity contribution is 6.04. The van der Waals surface area contributed by atoms with Gasteiger partial charge in [0, 0.05) is 25.3 Å². The smallest absolute Gasteiger partial charge is 0.291 e. The Bertz CT molecular complexity index is 814. The molecule has 0 saturated carbocycles. The highest BCUT2D eigenvalue weighted by atomic mass is 16.6. The molecule has 0 unspecified atom stereocenters. The lowest BCUT2D eigenvalue weighted by atomic mass is 10.1. The fourth-order valence-electron chi connectivity index (χ4n) is 2.02. The van der Waals surface area contributed by atoms with E-state index in [-0.39, 0.29) is 30.3 Å². The van der Waals surface area contributed by atoms with Crippen LogP contribution in [0.3, 0.4) is 0 Å². The van der Waals surface area contributed by atoms with E-state index in [1.165, 1.54) is 42.7 Å². The Balaban J connectivity index is 2.26. The third kappa shape index (κ3) is 5.28. The largest absolute Gasteiger partial charge is 0.459 e. The third-order valence-corrected chi connectivity index (χ3v) is 3.25. The average molecular weight is 359 g/mol. The lowest BCUT2D eigenvalue weighted by molar-refractivity contribution is -0.384. The van der Waals surface area contributed by atoms with E-state index < -0.39 is 16.7 Å². The second kappa shape index (κ2) is 9.14. The molecule has 0 spiro atoms. The summed E-state index contributed by atoms with van der Waals surface area (Å²) in [6.07, 6.45) is 2.99. The van der Waals surface area contributed by atoms with Gasteiger partial charge >= 0.3 is 0 Å². The van der Waals surface area contributed by atoms with Gasteiger partial charge in [0.2, 0.25) is 0 Å². The van der Waals surface area contributed by atoms with Crippen molar-refractivity contribution in [2.75, 3.05) is 13.2 Å². The molecular weight excluding hydrogens is 342 g/mol. The maximum absolute atomic E-state index is 12.3. The number of benzene rings is 1. The van der Waals surface area contributed by atoms with Crippen molar-refractivity contribution in [3.63, 3.8) is 0 Å². The number of carbonyl (C=O) groups excluding carboxylic acids is 2. The van der Waals surface area contributed by atoms with Crippen molar-refractivity contribution >= 4 is 23.6 Å². The van der Waals surface area contributed by atoms with Gasteiger partial charge in [-0.3, -0.25) is 19.7 Å². The van der Waals surface area contributed by atoms with E-state index >= 15 is 0 Å². The Hall–Kier alpha value is -3.46. The molecule has 1 heterocycles. The van der Waals surface area contributed by atoms with Crippen molar-refractivity contribution in [1.82, 2.24) is 10.6 Å². The number of aliphatic hydroxyl groups is 1. The van der Waals surface area contributed by atoms with Crippen molar-refractivity contribution in [3.8, 4) is 0 Å². The molecule has 0 bridgehead atoms. The molecule has 9 nitrogen and oxygen atoms in total. The molecule has 0 saturated heterocycles. The minimum absolute atomic E-state index is 0.0121. The van der Waals surface area contributed by atoms with E-state index in [9.17, 15) is 19.7 Å². The number of nitro benzene ring substituents is 1. The molecule has 1 aromatic carbocycles. The molecule has 2 aromatic rings. The number of hydrogen-bond acceptors (Lipinski definition) is 6. The van der Waals surface area contributed by atoms with Crippen LogP contribution in [0, 0.1) is 10.1 Å². The number of aliphatic hydroxyl groups excluding tert-OH is 1. The number of nitro groups is 1. The van der Waals surface area contributed by atoms with E-state index in [2.05, 4.69) is 10.6 Å². The molecule has 0 fully saturated rings. The van der Waals surface area contributed by atoms with Gasteiger partial charge in [0.25, 0.3) is 17.5 Å². The van der Waals surface area contributed by atoms with Gasteiger partial charge in [-0.25, -0.2) is 0 Å². The number of non-ortho nitro benzene ring substituents is 1. The van der Waals surface area contributed by atoms with Crippen molar-refractivity contribution < 1.29 is 24.0 Å². The summed E-state index contributed by atoms with van der Waals surface area (Å²) in [4.78, 5) is 34.8. The fraction of sp³-hybridized carbons (Fsp3) is 0.176. The van der Waals surface area contributed by atoms with Crippen LogP contribution in [0.4, 0.5) is 5.69 Å². The predicted octanol–water partition coefficient (Wildman–Crippen LogP) is 1.46. The molecule has 0 atom stereocenters. The number of hydrogen-bond donors (Lipinski definition) is 3. The minimum Gasteiger partial charge on any atom is -0.459 e. The second-order valence-corrected chi connectivity index (χ2v) is 5.17. The zero-order chi connectivity index (χ0) is 18.9.